The first-order valence-corrected chi connectivity index (χ1v) is 11.8. The molecule has 0 unspecified atom stereocenters. The van der Waals surface area contributed by atoms with Gasteiger partial charge in [0, 0.05) is 19.1 Å². The first-order valence-electron chi connectivity index (χ1n) is 10.2. The van der Waals surface area contributed by atoms with E-state index in [0.717, 1.165) is 24.1 Å². The zero-order valence-electron chi connectivity index (χ0n) is 17.3. The molecular weight excluding hydrogens is 388 g/mol. The van der Waals surface area contributed by atoms with E-state index < -0.39 is 9.84 Å². The monoisotopic (exact) mass is 418 g/mol. The van der Waals surface area contributed by atoms with Crippen LogP contribution < -0.4 is 5.32 Å². The molecule has 3 rings (SSSR count). The highest BCUT2D eigenvalue weighted by Crippen LogP contribution is 2.29. The highest BCUT2D eigenvalue weighted by Gasteiger charge is 2.34. The van der Waals surface area contributed by atoms with Gasteiger partial charge in [0.15, 0.2) is 0 Å². The van der Waals surface area contributed by atoms with Crippen molar-refractivity contribution >= 4 is 15.9 Å². The highest BCUT2D eigenvalue weighted by atomic mass is 32.2. The Morgan fingerprint density at radius 3 is 2.55 bits per heavy atom. The maximum atomic E-state index is 13.1. The van der Waals surface area contributed by atoms with Crippen molar-refractivity contribution in [3.05, 3.63) is 47.8 Å². The Kier molecular flexibility index (Phi) is 6.62. The second-order valence-corrected chi connectivity index (χ2v) is 9.86. The second-order valence-electron chi connectivity index (χ2n) is 7.98. The number of nitrogens with one attached hydrogen (secondary N) is 1. The Balaban J connectivity index is 1.91. The van der Waals surface area contributed by atoms with Gasteiger partial charge in [-0.05, 0) is 31.2 Å². The van der Waals surface area contributed by atoms with Crippen molar-refractivity contribution in [1.82, 2.24) is 19.8 Å². The molecule has 158 valence electrons. The summed E-state index contributed by atoms with van der Waals surface area (Å²) in [6.45, 7) is 7.42. The maximum absolute atomic E-state index is 13.1. The maximum Gasteiger partial charge on any atom is 0.317 e. The molecule has 0 atom stereocenters. The average molecular weight is 419 g/mol. The summed E-state index contributed by atoms with van der Waals surface area (Å²) in [5.74, 6) is 0.151. The third kappa shape index (κ3) is 5.38. The molecule has 2 amide bonds. The van der Waals surface area contributed by atoms with Gasteiger partial charge >= 0.3 is 6.03 Å². The third-order valence-corrected chi connectivity index (χ3v) is 6.43. The van der Waals surface area contributed by atoms with E-state index in [-0.39, 0.29) is 28.9 Å². The van der Waals surface area contributed by atoms with Gasteiger partial charge in [-0.25, -0.2) is 18.2 Å². The van der Waals surface area contributed by atoms with E-state index in [9.17, 15) is 13.2 Å². The van der Waals surface area contributed by atoms with Gasteiger partial charge in [0.1, 0.15) is 0 Å². The molecule has 7 nitrogen and oxygen atoms in total. The minimum atomic E-state index is -3.61. The Labute approximate surface area is 173 Å². The number of carbonyl (C=O) groups excluding carboxylic acids is 1. The van der Waals surface area contributed by atoms with Crippen LogP contribution in [0.5, 0.6) is 0 Å². The molecule has 0 bridgehead atoms. The molecule has 29 heavy (non-hydrogen) atoms. The number of benzene rings is 1. The lowest BCUT2D eigenvalue weighted by Crippen LogP contribution is -2.41. The molecule has 1 fully saturated rings. The Hall–Kier alpha value is -2.35. The molecule has 2 aromatic rings. The number of rotatable bonds is 9. The van der Waals surface area contributed by atoms with Gasteiger partial charge in [-0.1, -0.05) is 44.2 Å². The van der Waals surface area contributed by atoms with Crippen molar-refractivity contribution in [2.45, 2.75) is 63.7 Å². The minimum absolute atomic E-state index is 0.0803. The van der Waals surface area contributed by atoms with Crippen LogP contribution in [0.4, 0.5) is 4.79 Å². The van der Waals surface area contributed by atoms with E-state index in [2.05, 4.69) is 10.3 Å². The summed E-state index contributed by atoms with van der Waals surface area (Å²) in [5.41, 5.74) is 1.48. The molecule has 1 N–H and O–H groups in total. The van der Waals surface area contributed by atoms with Gasteiger partial charge in [-0.3, -0.25) is 0 Å². The van der Waals surface area contributed by atoms with E-state index >= 15 is 0 Å². The molecule has 1 aromatic heterocycles. The zero-order chi connectivity index (χ0) is 21.0. The van der Waals surface area contributed by atoms with Crippen molar-refractivity contribution in [1.29, 1.82) is 0 Å². The zero-order valence-corrected chi connectivity index (χ0v) is 18.2. The van der Waals surface area contributed by atoms with Crippen LogP contribution in [0.1, 0.15) is 44.9 Å². The predicted molar refractivity (Wildman–Crippen MR) is 112 cm³/mol. The molecule has 0 radical (unpaired) electrons. The van der Waals surface area contributed by atoms with Crippen LogP contribution in [0.3, 0.4) is 0 Å². The molecule has 0 aliphatic heterocycles. The molecule has 1 saturated carbocycles. The molecule has 8 heteroatoms. The fourth-order valence-corrected chi connectivity index (χ4v) is 4.87. The Morgan fingerprint density at radius 2 is 1.97 bits per heavy atom. The van der Waals surface area contributed by atoms with E-state index in [1.807, 2.05) is 39.0 Å². The quantitative estimate of drug-likeness (QED) is 0.678. The van der Waals surface area contributed by atoms with Crippen molar-refractivity contribution in [2.75, 3.05) is 6.54 Å². The molecule has 1 heterocycles. The van der Waals surface area contributed by atoms with Crippen molar-refractivity contribution < 1.29 is 13.2 Å². The van der Waals surface area contributed by atoms with Crippen LogP contribution in [-0.4, -0.2) is 41.5 Å². The lowest BCUT2D eigenvalue weighted by molar-refractivity contribution is 0.190. The van der Waals surface area contributed by atoms with E-state index in [4.69, 9.17) is 0 Å². The number of aromatic nitrogens is 2. The van der Waals surface area contributed by atoms with Crippen LogP contribution in [-0.2, 0) is 28.7 Å². The molecule has 0 saturated heterocycles. The summed E-state index contributed by atoms with van der Waals surface area (Å²) in [4.78, 5) is 18.6. The van der Waals surface area contributed by atoms with Gasteiger partial charge in [0.2, 0.25) is 15.0 Å². The smallest absolute Gasteiger partial charge is 0.317 e. The number of hydrogen-bond donors (Lipinski definition) is 1. The summed E-state index contributed by atoms with van der Waals surface area (Å²) in [6.07, 6.45) is 3.57. The van der Waals surface area contributed by atoms with Gasteiger partial charge < -0.3 is 14.8 Å². The van der Waals surface area contributed by atoms with Gasteiger partial charge in [0.25, 0.3) is 0 Å². The molecule has 0 spiro atoms. The largest absolute Gasteiger partial charge is 0.338 e. The van der Waals surface area contributed by atoms with Crippen LogP contribution in [0.25, 0.3) is 0 Å². The summed E-state index contributed by atoms with van der Waals surface area (Å²) in [6, 6.07) is 9.24. The standard InChI is InChI=1S/C21H30N4O3S/c1-4-22-20(26)24(18-10-11-18)14-19-12-23-21(25(19)13-16(2)3)29(27,28)15-17-8-6-5-7-9-17/h5-9,12,16,18H,4,10-11,13-15H2,1-3H3,(H,22,26). The lowest BCUT2D eigenvalue weighted by atomic mass is 10.2. The fraction of sp³-hybridized carbons (Fsp3) is 0.524. The number of hydrogen-bond acceptors (Lipinski definition) is 4. The van der Waals surface area contributed by atoms with Crippen molar-refractivity contribution in [2.24, 2.45) is 5.92 Å². The Bertz CT molecular complexity index is 934. The van der Waals surface area contributed by atoms with E-state index in [1.54, 1.807) is 27.8 Å². The first-order chi connectivity index (χ1) is 13.8. The van der Waals surface area contributed by atoms with Crippen LogP contribution >= 0.6 is 0 Å². The third-order valence-electron chi connectivity index (χ3n) is 4.84. The average Bonchev–Trinajstić information content (AvgIpc) is 3.41. The fourth-order valence-electron chi connectivity index (χ4n) is 3.37. The van der Waals surface area contributed by atoms with E-state index in [1.165, 1.54) is 0 Å². The Morgan fingerprint density at radius 1 is 1.28 bits per heavy atom. The number of carbonyl (C=O) groups is 1. The van der Waals surface area contributed by atoms with Crippen LogP contribution in [0.2, 0.25) is 0 Å². The van der Waals surface area contributed by atoms with Gasteiger partial charge in [0.05, 0.1) is 24.2 Å². The summed E-state index contributed by atoms with van der Waals surface area (Å²) in [7, 11) is -3.61. The molecule has 1 aromatic carbocycles. The summed E-state index contributed by atoms with van der Waals surface area (Å²) < 4.78 is 28.0. The van der Waals surface area contributed by atoms with Crippen molar-refractivity contribution in [3.63, 3.8) is 0 Å². The van der Waals surface area contributed by atoms with Crippen LogP contribution in [0.15, 0.2) is 41.7 Å². The highest BCUT2D eigenvalue weighted by molar-refractivity contribution is 7.90. The second kappa shape index (κ2) is 8.98. The van der Waals surface area contributed by atoms with Gasteiger partial charge in [-0.2, -0.15) is 0 Å². The summed E-state index contributed by atoms with van der Waals surface area (Å²) in [5, 5.41) is 2.94. The number of imidazole rings is 1. The molecular formula is C21H30N4O3S. The number of nitrogens with zero attached hydrogens (tertiary/aromatic N) is 3. The van der Waals surface area contributed by atoms with Crippen LogP contribution in [0, 0.1) is 5.92 Å². The topological polar surface area (TPSA) is 84.3 Å². The van der Waals surface area contributed by atoms with Gasteiger partial charge in [-0.15, -0.1) is 0 Å². The van der Waals surface area contributed by atoms with Crippen molar-refractivity contribution in [3.8, 4) is 0 Å². The summed E-state index contributed by atoms with van der Waals surface area (Å²) >= 11 is 0. The number of urea groups is 1. The number of sulfone groups is 1. The SMILES string of the molecule is CCNC(=O)N(Cc1cnc(S(=O)(=O)Cc2ccccc2)n1CC(C)C)C1CC1. The molecule has 1 aliphatic carbocycles. The molecule has 1 aliphatic rings. The predicted octanol–water partition coefficient (Wildman–Crippen LogP) is 3.21. The normalized spacial score (nSPS) is 14.2. The number of amides is 2. The lowest BCUT2D eigenvalue weighted by Gasteiger charge is -2.24. The first kappa shape index (κ1) is 21.4. The van der Waals surface area contributed by atoms with E-state index in [0.29, 0.717) is 19.6 Å². The minimum Gasteiger partial charge on any atom is -0.338 e.